The minimum Gasteiger partial charge on any atom is -0.507 e. The number of ketones is 1. The maximum atomic E-state index is 11.3. The number of carboxylic acid groups (broad SMARTS) is 1. The first-order valence-electron chi connectivity index (χ1n) is 4.86. The fourth-order valence-corrected chi connectivity index (χ4v) is 1.93. The zero-order chi connectivity index (χ0) is 11.9. The third-order valence-corrected chi connectivity index (χ3v) is 2.81. The smallest absolute Gasteiger partial charge is 0.377 e. The van der Waals surface area contributed by atoms with Crippen molar-refractivity contribution >= 4 is 17.4 Å². The second-order valence-corrected chi connectivity index (χ2v) is 3.77. The van der Waals surface area contributed by atoms with Crippen molar-refractivity contribution in [2.24, 2.45) is 0 Å². The summed E-state index contributed by atoms with van der Waals surface area (Å²) in [5, 5.41) is 18.4. The zero-order valence-electron chi connectivity index (χ0n) is 8.73. The quantitative estimate of drug-likeness (QED) is 0.566. The van der Waals surface area contributed by atoms with Gasteiger partial charge in [0.05, 0.1) is 5.56 Å². The number of aliphatic carboxylic acids is 1. The Morgan fingerprint density at radius 3 is 2.69 bits per heavy atom. The molecule has 0 unspecified atom stereocenters. The van der Waals surface area contributed by atoms with Crippen LogP contribution in [0.25, 0.3) is 0 Å². The summed E-state index contributed by atoms with van der Waals surface area (Å²) in [6, 6.07) is 3.02. The molecule has 84 valence electrons. The Morgan fingerprint density at radius 2 is 2.06 bits per heavy atom. The van der Waals surface area contributed by atoms with E-state index in [0.717, 1.165) is 12.2 Å². The number of phenols is 1. The monoisotopic (exact) mass is 221 g/mol. The standard InChI is InChI=1S/C11H11NO4/c1-12-5-4-6-8(12)3-2-7(9(6)13)10(14)11(15)16/h2-3,13H,4-5H2,1H3,(H,15,16). The number of aromatic hydroxyl groups is 1. The van der Waals surface area contributed by atoms with Crippen molar-refractivity contribution in [2.45, 2.75) is 6.42 Å². The van der Waals surface area contributed by atoms with E-state index in [1.54, 1.807) is 6.07 Å². The number of hydrogen-bond donors (Lipinski definition) is 2. The van der Waals surface area contributed by atoms with Gasteiger partial charge in [0, 0.05) is 24.8 Å². The third kappa shape index (κ3) is 1.41. The van der Waals surface area contributed by atoms with Gasteiger partial charge in [-0.1, -0.05) is 0 Å². The topological polar surface area (TPSA) is 77.8 Å². The molecule has 1 heterocycles. The number of carboxylic acids is 1. The van der Waals surface area contributed by atoms with Crippen molar-refractivity contribution < 1.29 is 19.8 Å². The van der Waals surface area contributed by atoms with E-state index in [0.29, 0.717) is 12.0 Å². The van der Waals surface area contributed by atoms with Crippen LogP contribution in [0.5, 0.6) is 5.75 Å². The highest BCUT2D eigenvalue weighted by Gasteiger charge is 2.26. The second-order valence-electron chi connectivity index (χ2n) is 3.77. The van der Waals surface area contributed by atoms with Crippen LogP contribution < -0.4 is 4.90 Å². The van der Waals surface area contributed by atoms with Crippen LogP contribution in [0, 0.1) is 0 Å². The molecule has 0 bridgehead atoms. The first-order valence-corrected chi connectivity index (χ1v) is 4.86. The number of phenolic OH excluding ortho intramolecular Hbond substituents is 1. The van der Waals surface area contributed by atoms with Gasteiger partial charge in [0.15, 0.2) is 0 Å². The number of carbonyl (C=O) groups is 2. The average Bonchev–Trinajstić information content (AvgIpc) is 2.61. The summed E-state index contributed by atoms with van der Waals surface area (Å²) in [7, 11) is 1.88. The summed E-state index contributed by atoms with van der Waals surface area (Å²) < 4.78 is 0. The first kappa shape index (κ1) is 10.5. The molecular weight excluding hydrogens is 210 g/mol. The van der Waals surface area contributed by atoms with Crippen LogP contribution in [0.1, 0.15) is 15.9 Å². The molecule has 0 spiro atoms. The van der Waals surface area contributed by atoms with E-state index in [1.807, 2.05) is 11.9 Å². The van der Waals surface area contributed by atoms with Crippen LogP contribution in [0.15, 0.2) is 12.1 Å². The summed E-state index contributed by atoms with van der Waals surface area (Å²) in [5.41, 5.74) is 1.36. The van der Waals surface area contributed by atoms with Crippen LogP contribution in [-0.4, -0.2) is 35.6 Å². The summed E-state index contributed by atoms with van der Waals surface area (Å²) in [6.07, 6.45) is 0.623. The third-order valence-electron chi connectivity index (χ3n) is 2.81. The van der Waals surface area contributed by atoms with Crippen LogP contribution >= 0.6 is 0 Å². The molecule has 0 radical (unpaired) electrons. The molecule has 1 aromatic carbocycles. The van der Waals surface area contributed by atoms with Crippen LogP contribution in [0.2, 0.25) is 0 Å². The van der Waals surface area contributed by atoms with Crippen molar-refractivity contribution in [3.63, 3.8) is 0 Å². The molecule has 16 heavy (non-hydrogen) atoms. The molecule has 0 fully saturated rings. The van der Waals surface area contributed by atoms with E-state index in [9.17, 15) is 14.7 Å². The molecule has 2 rings (SSSR count). The molecule has 2 N–H and O–H groups in total. The molecule has 0 saturated carbocycles. The van der Waals surface area contributed by atoms with Crippen LogP contribution in [0.4, 0.5) is 5.69 Å². The Balaban J connectivity index is 2.52. The number of Topliss-reactive ketones (excluding diaryl/α,β-unsaturated/α-hetero) is 1. The highest BCUT2D eigenvalue weighted by Crippen LogP contribution is 2.36. The van der Waals surface area contributed by atoms with Gasteiger partial charge in [-0.3, -0.25) is 4.79 Å². The predicted octanol–water partition coefficient (Wildman–Crippen LogP) is 0.652. The van der Waals surface area contributed by atoms with Gasteiger partial charge in [-0.05, 0) is 18.6 Å². The van der Waals surface area contributed by atoms with E-state index < -0.39 is 11.8 Å². The first-order chi connectivity index (χ1) is 7.52. The number of likely N-dealkylation sites (N-methyl/N-ethyl adjacent to an activating group) is 1. The number of carbonyl (C=O) groups excluding carboxylic acids is 1. The summed E-state index contributed by atoms with van der Waals surface area (Å²) in [4.78, 5) is 23.8. The van der Waals surface area contributed by atoms with Gasteiger partial charge in [-0.15, -0.1) is 0 Å². The summed E-state index contributed by atoms with van der Waals surface area (Å²) >= 11 is 0. The summed E-state index contributed by atoms with van der Waals surface area (Å²) in [5.74, 6) is -2.83. The van der Waals surface area contributed by atoms with Crippen LogP contribution in [-0.2, 0) is 11.2 Å². The van der Waals surface area contributed by atoms with E-state index in [4.69, 9.17) is 5.11 Å². The molecule has 0 aliphatic carbocycles. The number of benzene rings is 1. The van der Waals surface area contributed by atoms with E-state index >= 15 is 0 Å². The van der Waals surface area contributed by atoms with Gasteiger partial charge >= 0.3 is 5.97 Å². The molecule has 0 saturated heterocycles. The molecule has 1 aromatic rings. The zero-order valence-corrected chi connectivity index (χ0v) is 8.73. The molecule has 0 atom stereocenters. The van der Waals surface area contributed by atoms with Gasteiger partial charge in [0.2, 0.25) is 0 Å². The van der Waals surface area contributed by atoms with Crippen molar-refractivity contribution in [3.8, 4) is 5.75 Å². The maximum absolute atomic E-state index is 11.3. The molecule has 0 aromatic heterocycles. The molecule has 1 aliphatic rings. The maximum Gasteiger partial charge on any atom is 0.377 e. The van der Waals surface area contributed by atoms with Crippen molar-refractivity contribution in [1.82, 2.24) is 0 Å². The highest BCUT2D eigenvalue weighted by molar-refractivity contribution is 6.40. The highest BCUT2D eigenvalue weighted by atomic mass is 16.4. The normalized spacial score (nSPS) is 13.7. The lowest BCUT2D eigenvalue weighted by molar-refractivity contribution is -0.131. The SMILES string of the molecule is CN1CCc2c1ccc(C(=O)C(=O)O)c2O. The van der Waals surface area contributed by atoms with Gasteiger partial charge in [-0.2, -0.15) is 0 Å². The van der Waals surface area contributed by atoms with Crippen molar-refractivity contribution in [3.05, 3.63) is 23.3 Å². The fourth-order valence-electron chi connectivity index (χ4n) is 1.93. The fraction of sp³-hybridized carbons (Fsp3) is 0.273. The Bertz CT molecular complexity index is 481. The van der Waals surface area contributed by atoms with E-state index in [2.05, 4.69) is 0 Å². The van der Waals surface area contributed by atoms with Gasteiger partial charge in [0.1, 0.15) is 5.75 Å². The number of hydrogen-bond acceptors (Lipinski definition) is 4. The minimum absolute atomic E-state index is 0.137. The van der Waals surface area contributed by atoms with Crippen LogP contribution in [0.3, 0.4) is 0 Å². The van der Waals surface area contributed by atoms with E-state index in [1.165, 1.54) is 6.07 Å². The lowest BCUT2D eigenvalue weighted by atomic mass is 10.0. The van der Waals surface area contributed by atoms with Gasteiger partial charge < -0.3 is 15.1 Å². The Hall–Kier alpha value is -2.04. The van der Waals surface area contributed by atoms with E-state index in [-0.39, 0.29) is 11.3 Å². The molecular formula is C11H11NO4. The lowest BCUT2D eigenvalue weighted by Crippen LogP contribution is -2.14. The second kappa shape index (κ2) is 3.52. The Labute approximate surface area is 91.9 Å². The van der Waals surface area contributed by atoms with Crippen molar-refractivity contribution in [2.75, 3.05) is 18.5 Å². The number of nitrogens with zero attached hydrogens (tertiary/aromatic N) is 1. The Morgan fingerprint density at radius 1 is 1.38 bits per heavy atom. The molecule has 0 amide bonds. The number of anilines is 1. The minimum atomic E-state index is -1.55. The van der Waals surface area contributed by atoms with Gasteiger partial charge in [0.25, 0.3) is 5.78 Å². The number of fused-ring (bicyclic) bond motifs is 1. The molecule has 1 aliphatic heterocycles. The largest absolute Gasteiger partial charge is 0.507 e. The molecule has 5 heteroatoms. The lowest BCUT2D eigenvalue weighted by Gasteiger charge is -2.12. The van der Waals surface area contributed by atoms with Gasteiger partial charge in [-0.25, -0.2) is 4.79 Å². The number of rotatable bonds is 2. The Kier molecular flexibility index (Phi) is 2.30. The average molecular weight is 221 g/mol. The van der Waals surface area contributed by atoms with Crippen molar-refractivity contribution in [1.29, 1.82) is 0 Å². The predicted molar refractivity (Wildman–Crippen MR) is 57.0 cm³/mol. The summed E-state index contributed by atoms with van der Waals surface area (Å²) in [6.45, 7) is 0.758. The molecule has 5 nitrogen and oxygen atoms in total.